The molecule has 1 aromatic heterocycles. The summed E-state index contributed by atoms with van der Waals surface area (Å²) in [5.41, 5.74) is 0.770. The molecule has 12 heavy (non-hydrogen) atoms. The van der Waals surface area contributed by atoms with Gasteiger partial charge in [0.1, 0.15) is 0 Å². The maximum Gasteiger partial charge on any atom is 0.276 e. The molecule has 0 bridgehead atoms. The summed E-state index contributed by atoms with van der Waals surface area (Å²) in [6, 6.07) is 0. The Balaban J connectivity index is 2.66. The van der Waals surface area contributed by atoms with Crippen LogP contribution in [-0.4, -0.2) is 30.0 Å². The molecule has 3 N–H and O–H groups in total. The molecule has 0 amide bonds. The van der Waals surface area contributed by atoms with Gasteiger partial charge >= 0.3 is 0 Å². The highest BCUT2D eigenvalue weighted by Crippen LogP contribution is 2.00. The molecule has 1 aromatic rings. The van der Waals surface area contributed by atoms with Crippen LogP contribution in [0.3, 0.4) is 0 Å². The summed E-state index contributed by atoms with van der Waals surface area (Å²) in [6.45, 7) is 0.231. The van der Waals surface area contributed by atoms with Gasteiger partial charge < -0.3 is 0 Å². The normalized spacial score (nSPS) is 12.2. The number of aromatic amines is 1. The Morgan fingerprint density at radius 2 is 2.42 bits per heavy atom. The summed E-state index contributed by atoms with van der Waals surface area (Å²) >= 11 is 0. The first-order valence-electron chi connectivity index (χ1n) is 3.22. The monoisotopic (exact) mass is 190 g/mol. The number of H-pyrrole nitrogens is 1. The predicted molar refractivity (Wildman–Crippen MR) is 43.2 cm³/mol. The number of nitrogens with two attached hydrogens (primary N) is 1. The lowest BCUT2D eigenvalue weighted by atomic mass is 10.4. The number of hydrogen-bond donors (Lipinski definition) is 2. The van der Waals surface area contributed by atoms with Crippen LogP contribution in [-0.2, 0) is 16.8 Å². The molecule has 0 atom stereocenters. The van der Waals surface area contributed by atoms with Crippen molar-refractivity contribution in [3.63, 3.8) is 0 Å². The van der Waals surface area contributed by atoms with Gasteiger partial charge in [0.25, 0.3) is 10.2 Å². The number of nitrogens with one attached hydrogen (secondary N) is 1. The van der Waals surface area contributed by atoms with E-state index in [-0.39, 0.29) is 6.54 Å². The minimum Gasteiger partial charge on any atom is -0.285 e. The van der Waals surface area contributed by atoms with Crippen LogP contribution < -0.4 is 5.14 Å². The molecule has 68 valence electrons. The molecule has 0 unspecified atom stereocenters. The lowest BCUT2D eigenvalue weighted by molar-refractivity contribution is 0.468. The van der Waals surface area contributed by atoms with E-state index in [4.69, 9.17) is 5.14 Å². The molecule has 0 spiro atoms. The second kappa shape index (κ2) is 3.21. The van der Waals surface area contributed by atoms with Crippen molar-refractivity contribution < 1.29 is 8.42 Å². The molecule has 0 radical (unpaired) electrons. The summed E-state index contributed by atoms with van der Waals surface area (Å²) in [7, 11) is -2.18. The highest BCUT2D eigenvalue weighted by molar-refractivity contribution is 7.86. The molecule has 0 aliphatic carbocycles. The minimum atomic E-state index is -3.59. The molecule has 1 rings (SSSR count). The Morgan fingerprint density at radius 1 is 1.75 bits per heavy atom. The summed E-state index contributed by atoms with van der Waals surface area (Å²) in [6.07, 6.45) is 3.16. The molecule has 0 aliphatic heterocycles. The number of nitrogens with zero attached hydrogens (tertiary/aromatic N) is 2. The zero-order chi connectivity index (χ0) is 9.19. The molecule has 0 aliphatic rings. The largest absolute Gasteiger partial charge is 0.285 e. The third-order valence-corrected chi connectivity index (χ3v) is 2.39. The first-order valence-corrected chi connectivity index (χ1v) is 4.72. The Hall–Kier alpha value is -0.920. The standard InChI is InChI=1S/C5H10N4O2S/c1-9(12(6,10)11)4-5-2-7-8-3-5/h2-3H,4H2,1H3,(H,7,8)(H2,6,10,11). The van der Waals surface area contributed by atoms with Gasteiger partial charge in [-0.3, -0.25) is 5.10 Å². The summed E-state index contributed by atoms with van der Waals surface area (Å²) in [4.78, 5) is 0. The summed E-state index contributed by atoms with van der Waals surface area (Å²) in [5.74, 6) is 0. The highest BCUT2D eigenvalue weighted by Gasteiger charge is 2.11. The SMILES string of the molecule is CN(Cc1cn[nH]c1)S(N)(=O)=O. The van der Waals surface area contributed by atoms with E-state index in [2.05, 4.69) is 10.2 Å². The molecule has 0 saturated carbocycles. The van der Waals surface area contributed by atoms with Crippen molar-refractivity contribution in [2.24, 2.45) is 5.14 Å². The maximum atomic E-state index is 10.7. The van der Waals surface area contributed by atoms with Crippen LogP contribution in [0.25, 0.3) is 0 Å². The summed E-state index contributed by atoms with van der Waals surface area (Å²) < 4.78 is 22.5. The van der Waals surface area contributed by atoms with E-state index in [0.29, 0.717) is 0 Å². The van der Waals surface area contributed by atoms with Gasteiger partial charge in [-0.25, -0.2) is 5.14 Å². The van der Waals surface area contributed by atoms with Crippen LogP contribution in [0.5, 0.6) is 0 Å². The van der Waals surface area contributed by atoms with Crippen molar-refractivity contribution >= 4 is 10.2 Å². The Bertz CT molecular complexity index is 330. The van der Waals surface area contributed by atoms with Crippen molar-refractivity contribution in [1.82, 2.24) is 14.5 Å². The van der Waals surface area contributed by atoms with Crippen molar-refractivity contribution in [3.05, 3.63) is 18.0 Å². The van der Waals surface area contributed by atoms with E-state index >= 15 is 0 Å². The number of hydrogen-bond acceptors (Lipinski definition) is 3. The van der Waals surface area contributed by atoms with E-state index in [1.807, 2.05) is 0 Å². The molecule has 0 saturated heterocycles. The van der Waals surface area contributed by atoms with Crippen LogP contribution in [0.1, 0.15) is 5.56 Å². The van der Waals surface area contributed by atoms with Crippen LogP contribution in [0.2, 0.25) is 0 Å². The topological polar surface area (TPSA) is 92.1 Å². The zero-order valence-electron chi connectivity index (χ0n) is 6.56. The Kier molecular flexibility index (Phi) is 2.46. The van der Waals surface area contributed by atoms with E-state index < -0.39 is 10.2 Å². The molecular formula is C5H10N4O2S. The molecule has 0 aromatic carbocycles. The van der Waals surface area contributed by atoms with Gasteiger partial charge in [0.05, 0.1) is 6.20 Å². The van der Waals surface area contributed by atoms with Crippen LogP contribution in [0.4, 0.5) is 0 Å². The van der Waals surface area contributed by atoms with E-state index in [0.717, 1.165) is 9.87 Å². The fraction of sp³-hybridized carbons (Fsp3) is 0.400. The molecule has 0 fully saturated rings. The second-order valence-corrected chi connectivity index (χ2v) is 4.06. The fourth-order valence-corrected chi connectivity index (χ4v) is 1.04. The van der Waals surface area contributed by atoms with Crippen molar-refractivity contribution in [3.8, 4) is 0 Å². The highest BCUT2D eigenvalue weighted by atomic mass is 32.2. The van der Waals surface area contributed by atoms with Gasteiger partial charge in [-0.1, -0.05) is 0 Å². The van der Waals surface area contributed by atoms with Crippen molar-refractivity contribution in [2.45, 2.75) is 6.54 Å². The predicted octanol–water partition coefficient (Wildman–Crippen LogP) is -0.955. The Labute approximate surface area is 70.6 Å². The lowest BCUT2D eigenvalue weighted by Crippen LogP contribution is -2.32. The molecule has 7 heteroatoms. The maximum absolute atomic E-state index is 10.7. The van der Waals surface area contributed by atoms with Gasteiger partial charge in [-0.2, -0.15) is 17.8 Å². The molecule has 1 heterocycles. The quantitative estimate of drug-likeness (QED) is 0.643. The fourth-order valence-electron chi connectivity index (χ4n) is 0.711. The average molecular weight is 190 g/mol. The van der Waals surface area contributed by atoms with Gasteiger partial charge in [0.2, 0.25) is 0 Å². The van der Waals surface area contributed by atoms with Crippen LogP contribution >= 0.6 is 0 Å². The minimum absolute atomic E-state index is 0.231. The third kappa shape index (κ3) is 2.29. The van der Waals surface area contributed by atoms with Gasteiger partial charge in [-0.15, -0.1) is 0 Å². The van der Waals surface area contributed by atoms with Gasteiger partial charge in [0.15, 0.2) is 0 Å². The van der Waals surface area contributed by atoms with Crippen LogP contribution in [0.15, 0.2) is 12.4 Å². The van der Waals surface area contributed by atoms with Crippen molar-refractivity contribution in [2.75, 3.05) is 7.05 Å². The zero-order valence-corrected chi connectivity index (χ0v) is 7.37. The van der Waals surface area contributed by atoms with Gasteiger partial charge in [0, 0.05) is 25.4 Å². The smallest absolute Gasteiger partial charge is 0.276 e. The molecule has 6 nitrogen and oxygen atoms in total. The number of aromatic nitrogens is 2. The average Bonchev–Trinajstić information content (AvgIpc) is 2.37. The second-order valence-electron chi connectivity index (χ2n) is 2.41. The molecular weight excluding hydrogens is 180 g/mol. The van der Waals surface area contributed by atoms with E-state index in [9.17, 15) is 8.42 Å². The Morgan fingerprint density at radius 3 is 2.83 bits per heavy atom. The van der Waals surface area contributed by atoms with Crippen LogP contribution in [0, 0.1) is 0 Å². The number of rotatable bonds is 3. The first kappa shape index (κ1) is 9.17. The van der Waals surface area contributed by atoms with Crippen molar-refractivity contribution in [1.29, 1.82) is 0 Å². The van der Waals surface area contributed by atoms with Gasteiger partial charge in [-0.05, 0) is 0 Å². The van der Waals surface area contributed by atoms with E-state index in [1.54, 1.807) is 12.4 Å². The van der Waals surface area contributed by atoms with E-state index in [1.165, 1.54) is 7.05 Å². The first-order chi connectivity index (χ1) is 5.50. The third-order valence-electron chi connectivity index (χ3n) is 1.39. The lowest BCUT2D eigenvalue weighted by Gasteiger charge is -2.11. The summed E-state index contributed by atoms with van der Waals surface area (Å²) in [5, 5.41) is 11.1.